The lowest BCUT2D eigenvalue weighted by atomic mass is 9.90. The molecule has 0 amide bonds. The molecule has 0 atom stereocenters. The highest BCUT2D eigenvalue weighted by atomic mass is 16.3. The van der Waals surface area contributed by atoms with Gasteiger partial charge in [-0.05, 0) is 50.3 Å². The SMILES string of the molecule is Cc1cccc(CN(Cc2ccco2)C2CCC(N)CC2)c1. The Kier molecular flexibility index (Phi) is 4.96. The number of benzene rings is 1. The summed E-state index contributed by atoms with van der Waals surface area (Å²) in [5.41, 5.74) is 8.77. The minimum absolute atomic E-state index is 0.390. The Bertz CT molecular complexity index is 571. The van der Waals surface area contributed by atoms with Gasteiger partial charge in [-0.3, -0.25) is 4.90 Å². The van der Waals surface area contributed by atoms with Gasteiger partial charge in [-0.15, -0.1) is 0 Å². The van der Waals surface area contributed by atoms with E-state index in [1.165, 1.54) is 24.0 Å². The zero-order chi connectivity index (χ0) is 15.4. The van der Waals surface area contributed by atoms with E-state index in [-0.39, 0.29) is 0 Å². The van der Waals surface area contributed by atoms with E-state index >= 15 is 0 Å². The lowest BCUT2D eigenvalue weighted by Gasteiger charge is -2.35. The molecule has 0 spiro atoms. The summed E-state index contributed by atoms with van der Waals surface area (Å²) in [5.74, 6) is 1.04. The Labute approximate surface area is 133 Å². The summed E-state index contributed by atoms with van der Waals surface area (Å²) >= 11 is 0. The third-order valence-corrected chi connectivity index (χ3v) is 4.66. The summed E-state index contributed by atoms with van der Waals surface area (Å²) in [5, 5.41) is 0. The second-order valence-corrected chi connectivity index (χ2v) is 6.54. The number of furan rings is 1. The van der Waals surface area contributed by atoms with Crippen LogP contribution < -0.4 is 5.73 Å². The van der Waals surface area contributed by atoms with Crippen molar-refractivity contribution in [3.05, 3.63) is 59.5 Å². The second-order valence-electron chi connectivity index (χ2n) is 6.54. The first-order chi connectivity index (χ1) is 10.7. The van der Waals surface area contributed by atoms with Gasteiger partial charge in [-0.2, -0.15) is 0 Å². The molecule has 1 aliphatic carbocycles. The number of nitrogens with zero attached hydrogens (tertiary/aromatic N) is 1. The van der Waals surface area contributed by atoms with Crippen molar-refractivity contribution >= 4 is 0 Å². The van der Waals surface area contributed by atoms with E-state index in [1.54, 1.807) is 6.26 Å². The van der Waals surface area contributed by atoms with Gasteiger partial charge < -0.3 is 10.2 Å². The molecule has 0 aliphatic heterocycles. The highest BCUT2D eigenvalue weighted by Crippen LogP contribution is 2.25. The molecule has 0 unspecified atom stereocenters. The third-order valence-electron chi connectivity index (χ3n) is 4.66. The van der Waals surface area contributed by atoms with Gasteiger partial charge in [-0.1, -0.05) is 29.8 Å². The highest BCUT2D eigenvalue weighted by Gasteiger charge is 2.25. The van der Waals surface area contributed by atoms with Crippen LogP contribution in [-0.2, 0) is 13.1 Å². The molecule has 0 bridgehead atoms. The van der Waals surface area contributed by atoms with Crippen LogP contribution in [0.5, 0.6) is 0 Å². The molecule has 0 radical (unpaired) electrons. The van der Waals surface area contributed by atoms with Gasteiger partial charge in [0.25, 0.3) is 0 Å². The van der Waals surface area contributed by atoms with Crippen molar-refractivity contribution in [3.8, 4) is 0 Å². The predicted molar refractivity (Wildman–Crippen MR) is 89.4 cm³/mol. The average Bonchev–Trinajstić information content (AvgIpc) is 3.00. The molecular formula is C19H26N2O. The maximum atomic E-state index is 6.07. The fraction of sp³-hybridized carbons (Fsp3) is 0.474. The minimum Gasteiger partial charge on any atom is -0.468 e. The average molecular weight is 298 g/mol. The molecule has 1 aromatic heterocycles. The van der Waals surface area contributed by atoms with E-state index in [0.29, 0.717) is 12.1 Å². The monoisotopic (exact) mass is 298 g/mol. The van der Waals surface area contributed by atoms with Crippen LogP contribution in [0.1, 0.15) is 42.6 Å². The maximum Gasteiger partial charge on any atom is 0.117 e. The van der Waals surface area contributed by atoms with E-state index in [0.717, 1.165) is 31.7 Å². The Morgan fingerprint density at radius 1 is 1.09 bits per heavy atom. The van der Waals surface area contributed by atoms with Gasteiger partial charge in [0, 0.05) is 18.6 Å². The maximum absolute atomic E-state index is 6.07. The highest BCUT2D eigenvalue weighted by molar-refractivity contribution is 5.22. The van der Waals surface area contributed by atoms with Gasteiger partial charge >= 0.3 is 0 Å². The molecule has 1 aliphatic rings. The molecule has 3 nitrogen and oxygen atoms in total. The third kappa shape index (κ3) is 3.99. The molecular weight excluding hydrogens is 272 g/mol. The zero-order valence-corrected chi connectivity index (χ0v) is 13.4. The quantitative estimate of drug-likeness (QED) is 0.911. The molecule has 3 rings (SSSR count). The predicted octanol–water partition coefficient (Wildman–Crippen LogP) is 3.86. The van der Waals surface area contributed by atoms with Crippen molar-refractivity contribution in [2.24, 2.45) is 5.73 Å². The number of aryl methyl sites for hydroxylation is 1. The van der Waals surface area contributed by atoms with Crippen LogP contribution in [0.15, 0.2) is 47.1 Å². The topological polar surface area (TPSA) is 42.4 Å². The van der Waals surface area contributed by atoms with Gasteiger partial charge in [0.1, 0.15) is 5.76 Å². The van der Waals surface area contributed by atoms with Gasteiger partial charge in [0.15, 0.2) is 0 Å². The molecule has 1 aromatic carbocycles. The van der Waals surface area contributed by atoms with E-state index in [1.807, 2.05) is 6.07 Å². The van der Waals surface area contributed by atoms with Crippen LogP contribution in [0, 0.1) is 6.92 Å². The summed E-state index contributed by atoms with van der Waals surface area (Å²) in [6.07, 6.45) is 6.40. The van der Waals surface area contributed by atoms with Crippen molar-refractivity contribution in [2.45, 2.75) is 57.8 Å². The standard InChI is InChI=1S/C19H26N2O/c1-15-4-2-5-16(12-15)13-21(14-19-6-3-11-22-19)18-9-7-17(20)8-10-18/h2-6,11-12,17-18H,7-10,13-14,20H2,1H3. The summed E-state index contributed by atoms with van der Waals surface area (Å²) in [7, 11) is 0. The van der Waals surface area contributed by atoms with E-state index in [9.17, 15) is 0 Å². The van der Waals surface area contributed by atoms with Crippen LogP contribution in [0.4, 0.5) is 0 Å². The number of nitrogens with two attached hydrogens (primary N) is 1. The van der Waals surface area contributed by atoms with Crippen molar-refractivity contribution in [1.29, 1.82) is 0 Å². The van der Waals surface area contributed by atoms with Crippen molar-refractivity contribution in [3.63, 3.8) is 0 Å². The first-order valence-electron chi connectivity index (χ1n) is 8.28. The van der Waals surface area contributed by atoms with E-state index < -0.39 is 0 Å². The van der Waals surface area contributed by atoms with Crippen molar-refractivity contribution < 1.29 is 4.42 Å². The number of hydrogen-bond donors (Lipinski definition) is 1. The van der Waals surface area contributed by atoms with Crippen LogP contribution in [0.3, 0.4) is 0 Å². The van der Waals surface area contributed by atoms with Gasteiger partial charge in [0.2, 0.25) is 0 Å². The van der Waals surface area contributed by atoms with Crippen LogP contribution in [0.25, 0.3) is 0 Å². The van der Waals surface area contributed by atoms with Crippen molar-refractivity contribution in [1.82, 2.24) is 4.90 Å². The van der Waals surface area contributed by atoms with Gasteiger partial charge in [-0.25, -0.2) is 0 Å². The van der Waals surface area contributed by atoms with Crippen LogP contribution in [0.2, 0.25) is 0 Å². The lowest BCUT2D eigenvalue weighted by Crippen LogP contribution is -2.40. The van der Waals surface area contributed by atoms with Crippen LogP contribution in [-0.4, -0.2) is 17.0 Å². The molecule has 0 saturated heterocycles. The molecule has 22 heavy (non-hydrogen) atoms. The Hall–Kier alpha value is -1.58. The minimum atomic E-state index is 0.390. The molecule has 1 heterocycles. The zero-order valence-electron chi connectivity index (χ0n) is 13.4. The second kappa shape index (κ2) is 7.12. The fourth-order valence-corrected chi connectivity index (χ4v) is 3.43. The van der Waals surface area contributed by atoms with Gasteiger partial charge in [0.05, 0.1) is 12.8 Å². The van der Waals surface area contributed by atoms with E-state index in [2.05, 4.69) is 42.2 Å². The molecule has 1 fully saturated rings. The van der Waals surface area contributed by atoms with Crippen molar-refractivity contribution in [2.75, 3.05) is 0 Å². The summed E-state index contributed by atoms with van der Waals surface area (Å²) < 4.78 is 5.57. The summed E-state index contributed by atoms with van der Waals surface area (Å²) in [6.45, 7) is 4.00. The lowest BCUT2D eigenvalue weighted by molar-refractivity contribution is 0.125. The molecule has 1 saturated carbocycles. The Balaban J connectivity index is 1.73. The van der Waals surface area contributed by atoms with Crippen LogP contribution >= 0.6 is 0 Å². The molecule has 2 aromatic rings. The number of hydrogen-bond acceptors (Lipinski definition) is 3. The summed E-state index contributed by atoms with van der Waals surface area (Å²) in [6, 6.07) is 13.8. The fourth-order valence-electron chi connectivity index (χ4n) is 3.43. The largest absolute Gasteiger partial charge is 0.468 e. The van der Waals surface area contributed by atoms with E-state index in [4.69, 9.17) is 10.2 Å². The molecule has 118 valence electrons. The molecule has 2 N–H and O–H groups in total. The Morgan fingerprint density at radius 2 is 1.91 bits per heavy atom. The Morgan fingerprint density at radius 3 is 2.59 bits per heavy atom. The first-order valence-corrected chi connectivity index (χ1v) is 8.28. The first kappa shape index (κ1) is 15.3. The smallest absolute Gasteiger partial charge is 0.117 e. The molecule has 3 heteroatoms. The summed E-state index contributed by atoms with van der Waals surface area (Å²) in [4.78, 5) is 2.56. The normalized spacial score (nSPS) is 22.1. The number of rotatable bonds is 5.